The molecular weight excluding hydrogens is 467 g/mol. The van der Waals surface area contributed by atoms with Gasteiger partial charge in [0.1, 0.15) is 5.82 Å². The van der Waals surface area contributed by atoms with E-state index >= 15 is 0 Å². The fourth-order valence-corrected chi connectivity index (χ4v) is 4.31. The molecule has 11 heteroatoms. The lowest BCUT2D eigenvalue weighted by atomic mass is 10.2. The molecule has 1 fully saturated rings. The molecule has 33 heavy (non-hydrogen) atoms. The van der Waals surface area contributed by atoms with Gasteiger partial charge in [0.15, 0.2) is 0 Å². The van der Waals surface area contributed by atoms with Crippen molar-refractivity contribution >= 4 is 46.7 Å². The molecule has 1 saturated heterocycles. The Morgan fingerprint density at radius 2 is 1.88 bits per heavy atom. The van der Waals surface area contributed by atoms with E-state index in [1.54, 1.807) is 6.08 Å². The number of carbonyl (C=O) groups excluding carboxylic acids is 3. The molecule has 3 aromatic rings. The van der Waals surface area contributed by atoms with Crippen LogP contribution in [0.25, 0.3) is 17.5 Å². The molecule has 0 radical (unpaired) electrons. The predicted octanol–water partition coefficient (Wildman–Crippen LogP) is 3.82. The van der Waals surface area contributed by atoms with Gasteiger partial charge >= 0.3 is 0 Å². The maximum atomic E-state index is 13.0. The summed E-state index contributed by atoms with van der Waals surface area (Å²) in [6, 6.07) is 14.9. The minimum Gasteiger partial charge on any atom is -0.411 e. The van der Waals surface area contributed by atoms with Crippen molar-refractivity contribution in [1.29, 1.82) is 0 Å². The number of nitrogens with zero attached hydrogens (tertiary/aromatic N) is 3. The number of benzene rings is 2. The summed E-state index contributed by atoms with van der Waals surface area (Å²) in [6.45, 7) is 0.198. The molecule has 0 unspecified atom stereocenters. The smallest absolute Gasteiger partial charge is 0.293 e. The van der Waals surface area contributed by atoms with E-state index in [1.807, 2.05) is 30.3 Å². The first-order valence-corrected chi connectivity index (χ1v) is 11.6. The quantitative estimate of drug-likeness (QED) is 0.380. The molecular formula is C22H17FN4O4S2. The second-order valence-electron chi connectivity index (χ2n) is 6.76. The van der Waals surface area contributed by atoms with Gasteiger partial charge in [-0.3, -0.25) is 19.3 Å². The van der Waals surface area contributed by atoms with E-state index in [1.165, 1.54) is 24.3 Å². The molecule has 168 valence electrons. The average molecular weight is 485 g/mol. The summed E-state index contributed by atoms with van der Waals surface area (Å²) in [7, 11) is 0. The Bertz CT molecular complexity index is 1200. The van der Waals surface area contributed by atoms with Gasteiger partial charge in [0.05, 0.1) is 10.7 Å². The van der Waals surface area contributed by atoms with Crippen LogP contribution in [0.2, 0.25) is 0 Å². The van der Waals surface area contributed by atoms with Crippen molar-refractivity contribution in [2.24, 2.45) is 0 Å². The van der Waals surface area contributed by atoms with Crippen LogP contribution in [0.4, 0.5) is 9.18 Å². The van der Waals surface area contributed by atoms with Crippen LogP contribution in [0, 0.1) is 5.82 Å². The second-order valence-corrected chi connectivity index (χ2v) is 8.68. The van der Waals surface area contributed by atoms with Crippen molar-refractivity contribution in [3.05, 3.63) is 70.9 Å². The lowest BCUT2D eigenvalue weighted by Crippen LogP contribution is -2.37. The monoisotopic (exact) mass is 484 g/mol. The number of imide groups is 1. The third kappa shape index (κ3) is 5.88. The Morgan fingerprint density at radius 3 is 2.64 bits per heavy atom. The average Bonchev–Trinajstić information content (AvgIpc) is 3.39. The fourth-order valence-electron chi connectivity index (χ4n) is 2.86. The number of halogens is 1. The first-order valence-electron chi connectivity index (χ1n) is 9.79. The van der Waals surface area contributed by atoms with Gasteiger partial charge < -0.3 is 9.73 Å². The molecule has 8 nitrogen and oxygen atoms in total. The Kier molecular flexibility index (Phi) is 7.20. The fraction of sp³-hybridized carbons (Fsp3) is 0.136. The minimum atomic E-state index is -0.378. The van der Waals surface area contributed by atoms with Crippen LogP contribution in [0.3, 0.4) is 0 Å². The molecule has 2 aromatic carbocycles. The number of nitrogens with one attached hydrogen (secondary N) is 1. The van der Waals surface area contributed by atoms with Crippen molar-refractivity contribution < 1.29 is 23.2 Å². The first kappa shape index (κ1) is 22.7. The van der Waals surface area contributed by atoms with E-state index in [-0.39, 0.29) is 52.8 Å². The van der Waals surface area contributed by atoms with Crippen LogP contribution < -0.4 is 5.32 Å². The second kappa shape index (κ2) is 10.5. The van der Waals surface area contributed by atoms with Crippen LogP contribution >= 0.6 is 23.5 Å². The largest absolute Gasteiger partial charge is 0.411 e. The van der Waals surface area contributed by atoms with Crippen molar-refractivity contribution in [3.63, 3.8) is 0 Å². The van der Waals surface area contributed by atoms with Crippen LogP contribution in [-0.2, 0) is 9.59 Å². The van der Waals surface area contributed by atoms with Gasteiger partial charge in [-0.1, -0.05) is 42.1 Å². The third-order valence-corrected chi connectivity index (χ3v) is 6.18. The number of hydrogen-bond donors (Lipinski definition) is 1. The summed E-state index contributed by atoms with van der Waals surface area (Å²) in [5.74, 6) is -0.823. The summed E-state index contributed by atoms with van der Waals surface area (Å²) < 4.78 is 18.5. The summed E-state index contributed by atoms with van der Waals surface area (Å²) in [5.41, 5.74) is 1.40. The molecule has 3 amide bonds. The molecule has 0 saturated carbocycles. The predicted molar refractivity (Wildman–Crippen MR) is 123 cm³/mol. The number of rotatable bonds is 8. The summed E-state index contributed by atoms with van der Waals surface area (Å²) in [4.78, 5) is 38.2. The normalized spacial score (nSPS) is 14.8. The van der Waals surface area contributed by atoms with E-state index in [0.717, 1.165) is 34.0 Å². The lowest BCUT2D eigenvalue weighted by molar-refractivity contribution is -0.123. The van der Waals surface area contributed by atoms with Crippen LogP contribution in [0.1, 0.15) is 5.56 Å². The summed E-state index contributed by atoms with van der Waals surface area (Å²) >= 11 is 1.92. The van der Waals surface area contributed by atoms with Crippen molar-refractivity contribution in [2.75, 3.05) is 18.8 Å². The zero-order valence-corrected chi connectivity index (χ0v) is 18.7. The topological polar surface area (TPSA) is 105 Å². The Morgan fingerprint density at radius 1 is 1.12 bits per heavy atom. The van der Waals surface area contributed by atoms with Gasteiger partial charge in [-0.05, 0) is 47.7 Å². The van der Waals surface area contributed by atoms with E-state index in [2.05, 4.69) is 15.5 Å². The van der Waals surface area contributed by atoms with Gasteiger partial charge in [-0.2, -0.15) is 0 Å². The molecule has 0 atom stereocenters. The van der Waals surface area contributed by atoms with Crippen LogP contribution in [0.5, 0.6) is 0 Å². The number of amides is 3. The first-order chi connectivity index (χ1) is 16.0. The summed E-state index contributed by atoms with van der Waals surface area (Å²) in [6.07, 6.45) is 1.67. The van der Waals surface area contributed by atoms with Gasteiger partial charge in [0, 0.05) is 18.7 Å². The molecule has 0 aliphatic carbocycles. The lowest BCUT2D eigenvalue weighted by Gasteiger charge is -2.12. The standard InChI is InChI=1S/C22H17FN4O4S2/c23-16-8-6-15(7-9-16)19-25-26-21(31-19)32-13-18(28)24-10-11-27-20(29)17(33-22(27)30)12-14-4-2-1-3-5-14/h1-9,12H,10-11,13H2,(H,24,28)/b17-12-. The van der Waals surface area contributed by atoms with Gasteiger partial charge in [-0.15, -0.1) is 10.2 Å². The Hall–Kier alpha value is -3.44. The molecule has 1 aromatic heterocycles. The van der Waals surface area contributed by atoms with Crippen molar-refractivity contribution in [3.8, 4) is 11.5 Å². The number of aromatic nitrogens is 2. The zero-order chi connectivity index (χ0) is 23.2. The SMILES string of the molecule is O=C(CSc1nnc(-c2ccc(F)cc2)o1)NCCN1C(=O)S/C(=C\c2ccccc2)C1=O. The Labute approximate surface area is 196 Å². The molecule has 0 spiro atoms. The molecule has 0 bridgehead atoms. The highest BCUT2D eigenvalue weighted by Crippen LogP contribution is 2.31. The van der Waals surface area contributed by atoms with E-state index in [0.29, 0.717) is 10.5 Å². The molecule has 1 aliphatic rings. The van der Waals surface area contributed by atoms with Crippen LogP contribution in [-0.4, -0.2) is 51.0 Å². The number of hydrogen-bond acceptors (Lipinski definition) is 8. The maximum absolute atomic E-state index is 13.0. The van der Waals surface area contributed by atoms with Gasteiger partial charge in [0.25, 0.3) is 16.4 Å². The highest BCUT2D eigenvalue weighted by molar-refractivity contribution is 8.18. The molecule has 4 rings (SSSR count). The van der Waals surface area contributed by atoms with Crippen LogP contribution in [0.15, 0.2) is 69.1 Å². The highest BCUT2D eigenvalue weighted by Gasteiger charge is 2.34. The molecule has 1 aliphatic heterocycles. The van der Waals surface area contributed by atoms with Crippen molar-refractivity contribution in [2.45, 2.75) is 5.22 Å². The van der Waals surface area contributed by atoms with Gasteiger partial charge in [-0.25, -0.2) is 4.39 Å². The zero-order valence-electron chi connectivity index (χ0n) is 17.1. The van der Waals surface area contributed by atoms with E-state index < -0.39 is 0 Å². The summed E-state index contributed by atoms with van der Waals surface area (Å²) in [5, 5.41) is 10.2. The van der Waals surface area contributed by atoms with Crippen molar-refractivity contribution in [1.82, 2.24) is 20.4 Å². The molecule has 2 heterocycles. The number of thioether (sulfide) groups is 2. The third-order valence-electron chi connectivity index (χ3n) is 4.45. The van der Waals surface area contributed by atoms with E-state index in [9.17, 15) is 18.8 Å². The molecule has 1 N–H and O–H groups in total. The number of carbonyl (C=O) groups is 3. The van der Waals surface area contributed by atoms with Gasteiger partial charge in [0.2, 0.25) is 11.8 Å². The Balaban J connectivity index is 1.23. The minimum absolute atomic E-state index is 0.0147. The maximum Gasteiger partial charge on any atom is 0.293 e. The van der Waals surface area contributed by atoms with E-state index in [4.69, 9.17) is 4.42 Å². The highest BCUT2D eigenvalue weighted by atomic mass is 32.2.